The van der Waals surface area contributed by atoms with Gasteiger partial charge in [0.15, 0.2) is 0 Å². The molecule has 0 aliphatic rings. The van der Waals surface area contributed by atoms with E-state index >= 15 is 0 Å². The lowest BCUT2D eigenvalue weighted by Gasteiger charge is -2.24. The molecule has 1 atom stereocenters. The number of sulfonamides is 1. The molecule has 0 bridgehead atoms. The van der Waals surface area contributed by atoms with Gasteiger partial charge in [0.2, 0.25) is 10.0 Å². The minimum absolute atomic E-state index is 0.0350. The van der Waals surface area contributed by atoms with Crippen LogP contribution >= 0.6 is 0 Å². The molecule has 8 heteroatoms. The molecule has 3 N–H and O–H groups in total. The number of nitrogens with two attached hydrogens (primary N) is 1. The first-order valence-corrected chi connectivity index (χ1v) is 7.34. The lowest BCUT2D eigenvalue weighted by atomic mass is 10.2. The Morgan fingerprint density at radius 2 is 2.15 bits per heavy atom. The summed E-state index contributed by atoms with van der Waals surface area (Å²) in [7, 11) is -2.37. The molecule has 0 aliphatic carbocycles. The number of nitrogens with zero attached hydrogens (tertiary/aromatic N) is 2. The largest absolute Gasteiger partial charge is 0.409 e. The van der Waals surface area contributed by atoms with Crippen LogP contribution in [0.15, 0.2) is 28.3 Å². The number of benzene rings is 1. The molecule has 0 saturated heterocycles. The summed E-state index contributed by atoms with van der Waals surface area (Å²) < 4.78 is 39.0. The Morgan fingerprint density at radius 1 is 1.55 bits per heavy atom. The van der Waals surface area contributed by atoms with Crippen molar-refractivity contribution in [3.63, 3.8) is 0 Å². The van der Waals surface area contributed by atoms with Crippen LogP contribution in [0.4, 0.5) is 4.39 Å². The van der Waals surface area contributed by atoms with Crippen molar-refractivity contribution in [2.75, 3.05) is 7.05 Å². The third-order valence-electron chi connectivity index (χ3n) is 3.05. The van der Waals surface area contributed by atoms with Gasteiger partial charge in [-0.3, -0.25) is 0 Å². The molecule has 6 nitrogen and oxygen atoms in total. The van der Waals surface area contributed by atoms with Crippen LogP contribution in [0, 0.1) is 12.7 Å². The maximum Gasteiger partial charge on any atom is 0.243 e. The van der Waals surface area contributed by atoms with Crippen LogP contribution in [-0.4, -0.2) is 36.9 Å². The Morgan fingerprint density at radius 3 is 2.65 bits per heavy atom. The first-order chi connectivity index (χ1) is 9.20. The van der Waals surface area contributed by atoms with Gasteiger partial charge < -0.3 is 10.9 Å². The van der Waals surface area contributed by atoms with Crippen molar-refractivity contribution < 1.29 is 18.0 Å². The van der Waals surface area contributed by atoms with Gasteiger partial charge in [0, 0.05) is 19.5 Å². The van der Waals surface area contributed by atoms with Gasteiger partial charge in [-0.1, -0.05) is 5.16 Å². The molecule has 1 aromatic rings. The van der Waals surface area contributed by atoms with Crippen molar-refractivity contribution in [2.24, 2.45) is 10.9 Å². The average molecular weight is 303 g/mol. The molecule has 0 heterocycles. The van der Waals surface area contributed by atoms with E-state index in [0.29, 0.717) is 5.56 Å². The quantitative estimate of drug-likeness (QED) is 0.371. The number of aryl methyl sites for hydroxylation is 1. The SMILES string of the molecule is Cc1cc(F)ccc1S(=O)(=O)N(C)C(C)CC(N)=NO. The molecular weight excluding hydrogens is 285 g/mol. The molecule has 0 saturated carbocycles. The molecule has 0 aliphatic heterocycles. The number of amidine groups is 1. The smallest absolute Gasteiger partial charge is 0.243 e. The van der Waals surface area contributed by atoms with E-state index in [1.165, 1.54) is 20.0 Å². The zero-order valence-corrected chi connectivity index (χ0v) is 12.4. The van der Waals surface area contributed by atoms with E-state index in [9.17, 15) is 12.8 Å². The second-order valence-corrected chi connectivity index (χ2v) is 6.54. The van der Waals surface area contributed by atoms with Crippen molar-refractivity contribution in [2.45, 2.75) is 31.2 Å². The molecule has 0 amide bonds. The summed E-state index contributed by atoms with van der Waals surface area (Å²) in [5.41, 5.74) is 5.70. The Balaban J connectivity index is 3.09. The van der Waals surface area contributed by atoms with Crippen LogP contribution in [0.3, 0.4) is 0 Å². The topological polar surface area (TPSA) is 96.0 Å². The zero-order valence-electron chi connectivity index (χ0n) is 11.5. The van der Waals surface area contributed by atoms with Gasteiger partial charge in [-0.15, -0.1) is 0 Å². The summed E-state index contributed by atoms with van der Waals surface area (Å²) in [6, 6.07) is 2.99. The Labute approximate surface area is 117 Å². The summed E-state index contributed by atoms with van der Waals surface area (Å²) in [5.74, 6) is -0.552. The number of hydrogen-bond donors (Lipinski definition) is 2. The Hall–Kier alpha value is -1.67. The van der Waals surface area contributed by atoms with Crippen LogP contribution in [-0.2, 0) is 10.0 Å². The van der Waals surface area contributed by atoms with Crippen molar-refractivity contribution in [1.29, 1.82) is 0 Å². The fourth-order valence-electron chi connectivity index (χ4n) is 1.77. The van der Waals surface area contributed by atoms with Gasteiger partial charge in [0.05, 0.1) is 4.90 Å². The number of oxime groups is 1. The van der Waals surface area contributed by atoms with Gasteiger partial charge in [-0.25, -0.2) is 12.8 Å². The van der Waals surface area contributed by atoms with Crippen molar-refractivity contribution >= 4 is 15.9 Å². The van der Waals surface area contributed by atoms with E-state index in [1.54, 1.807) is 6.92 Å². The molecule has 112 valence electrons. The highest BCUT2D eigenvalue weighted by Gasteiger charge is 2.27. The maximum atomic E-state index is 13.0. The van der Waals surface area contributed by atoms with Crippen LogP contribution in [0.2, 0.25) is 0 Å². The highest BCUT2D eigenvalue weighted by atomic mass is 32.2. The fourth-order valence-corrected chi connectivity index (χ4v) is 3.33. The molecule has 0 spiro atoms. The third-order valence-corrected chi connectivity index (χ3v) is 5.18. The highest BCUT2D eigenvalue weighted by Crippen LogP contribution is 2.22. The minimum atomic E-state index is -3.77. The minimum Gasteiger partial charge on any atom is -0.409 e. The lowest BCUT2D eigenvalue weighted by molar-refractivity contribution is 0.313. The normalized spacial score (nSPS) is 14.6. The summed E-state index contributed by atoms with van der Waals surface area (Å²) in [6.45, 7) is 3.16. The van der Waals surface area contributed by atoms with Gasteiger partial charge in [0.1, 0.15) is 11.7 Å². The third kappa shape index (κ3) is 3.45. The van der Waals surface area contributed by atoms with Gasteiger partial charge in [0.25, 0.3) is 0 Å². The zero-order chi connectivity index (χ0) is 15.5. The van der Waals surface area contributed by atoms with Crippen molar-refractivity contribution in [1.82, 2.24) is 4.31 Å². The maximum absolute atomic E-state index is 13.0. The predicted molar refractivity (Wildman–Crippen MR) is 73.6 cm³/mol. The van der Waals surface area contributed by atoms with Crippen LogP contribution in [0.5, 0.6) is 0 Å². The standard InChI is InChI=1S/C12H18FN3O3S/c1-8-6-10(13)4-5-11(8)20(18,19)16(3)9(2)7-12(14)15-17/h4-6,9,17H,7H2,1-3H3,(H2,14,15). The highest BCUT2D eigenvalue weighted by molar-refractivity contribution is 7.89. The van der Waals surface area contributed by atoms with Crippen LogP contribution in [0.25, 0.3) is 0 Å². The van der Waals surface area contributed by atoms with Gasteiger partial charge in [-0.05, 0) is 37.6 Å². The lowest BCUT2D eigenvalue weighted by Crippen LogP contribution is -2.38. The number of hydrogen-bond acceptors (Lipinski definition) is 4. The van der Waals surface area contributed by atoms with Crippen molar-refractivity contribution in [3.05, 3.63) is 29.6 Å². The van der Waals surface area contributed by atoms with E-state index in [2.05, 4.69) is 5.16 Å². The van der Waals surface area contributed by atoms with E-state index in [0.717, 1.165) is 16.4 Å². The van der Waals surface area contributed by atoms with Gasteiger partial charge >= 0.3 is 0 Å². The van der Waals surface area contributed by atoms with E-state index < -0.39 is 21.9 Å². The van der Waals surface area contributed by atoms with Crippen LogP contribution in [0.1, 0.15) is 18.9 Å². The number of halogens is 1. The molecular formula is C12H18FN3O3S. The van der Waals surface area contributed by atoms with E-state index in [4.69, 9.17) is 10.9 Å². The summed E-state index contributed by atoms with van der Waals surface area (Å²) in [4.78, 5) is 0.0350. The monoisotopic (exact) mass is 303 g/mol. The summed E-state index contributed by atoms with van der Waals surface area (Å²) >= 11 is 0. The first-order valence-electron chi connectivity index (χ1n) is 5.90. The molecule has 0 radical (unpaired) electrons. The molecule has 1 unspecified atom stereocenters. The summed E-state index contributed by atoms with van der Waals surface area (Å²) in [5, 5.41) is 11.3. The molecule has 1 rings (SSSR count). The van der Waals surface area contributed by atoms with E-state index in [1.807, 2.05) is 0 Å². The predicted octanol–water partition coefficient (Wildman–Crippen LogP) is 1.28. The fraction of sp³-hybridized carbons (Fsp3) is 0.417. The summed E-state index contributed by atoms with van der Waals surface area (Å²) in [6.07, 6.45) is 0.0898. The molecule has 20 heavy (non-hydrogen) atoms. The second kappa shape index (κ2) is 6.19. The molecule has 0 fully saturated rings. The second-order valence-electron chi connectivity index (χ2n) is 4.58. The van der Waals surface area contributed by atoms with Gasteiger partial charge in [-0.2, -0.15) is 4.31 Å². The first kappa shape index (κ1) is 16.4. The molecule has 1 aromatic carbocycles. The van der Waals surface area contributed by atoms with Crippen LogP contribution < -0.4 is 5.73 Å². The Bertz CT molecular complexity index is 616. The van der Waals surface area contributed by atoms with E-state index in [-0.39, 0.29) is 17.2 Å². The number of rotatable bonds is 5. The van der Waals surface area contributed by atoms with Crippen molar-refractivity contribution in [3.8, 4) is 0 Å². The average Bonchev–Trinajstić information content (AvgIpc) is 2.36. The molecule has 0 aromatic heterocycles. The Kier molecular flexibility index (Phi) is 5.07.